The summed E-state index contributed by atoms with van der Waals surface area (Å²) in [6.07, 6.45) is 0. The molecule has 1 heterocycles. The van der Waals surface area contributed by atoms with Gasteiger partial charge in [-0.3, -0.25) is 9.59 Å². The number of ether oxygens (including phenoxy) is 2. The highest BCUT2D eigenvalue weighted by atomic mass is 35.5. The Labute approximate surface area is 99.7 Å². The first-order valence-corrected chi connectivity index (χ1v) is 5.24. The van der Waals surface area contributed by atoms with E-state index in [9.17, 15) is 9.59 Å². The predicted octanol–water partition coefficient (Wildman–Crippen LogP) is 2.52. The van der Waals surface area contributed by atoms with Crippen LogP contribution in [0.3, 0.4) is 0 Å². The average molecular weight is 269 g/mol. The van der Waals surface area contributed by atoms with Crippen LogP contribution >= 0.6 is 34.5 Å². The molecular weight excluding hydrogens is 263 g/mol. The summed E-state index contributed by atoms with van der Waals surface area (Å²) in [5, 5.41) is -1.45. The Morgan fingerprint density at radius 2 is 1.33 bits per heavy atom. The molecule has 4 nitrogen and oxygen atoms in total. The van der Waals surface area contributed by atoms with E-state index in [-0.39, 0.29) is 21.3 Å². The molecule has 15 heavy (non-hydrogen) atoms. The van der Waals surface area contributed by atoms with Gasteiger partial charge in [0.2, 0.25) is 0 Å². The normalized spacial score (nSPS) is 9.87. The van der Waals surface area contributed by atoms with Gasteiger partial charge in [-0.25, -0.2) is 0 Å². The zero-order chi connectivity index (χ0) is 11.6. The Hall–Kier alpha value is -0.780. The lowest BCUT2D eigenvalue weighted by molar-refractivity contribution is 0.107. The number of carbonyl (C=O) groups excluding carboxylic acids is 2. The fraction of sp³-hybridized carbons (Fsp3) is 0.250. The fourth-order valence-electron chi connectivity index (χ4n) is 1.03. The molecule has 82 valence electrons. The van der Waals surface area contributed by atoms with Gasteiger partial charge in [0.1, 0.15) is 9.75 Å². The molecule has 0 aliphatic carbocycles. The summed E-state index contributed by atoms with van der Waals surface area (Å²) >= 11 is 11.5. The van der Waals surface area contributed by atoms with E-state index in [0.717, 1.165) is 11.3 Å². The third kappa shape index (κ3) is 2.25. The van der Waals surface area contributed by atoms with Crippen LogP contribution in [-0.4, -0.2) is 24.7 Å². The Bertz CT molecular complexity index is 377. The Kier molecular flexibility index (Phi) is 3.96. The lowest BCUT2D eigenvalue weighted by Gasteiger charge is -2.02. The van der Waals surface area contributed by atoms with Crippen molar-refractivity contribution in [2.75, 3.05) is 14.2 Å². The van der Waals surface area contributed by atoms with E-state index in [4.69, 9.17) is 32.7 Å². The van der Waals surface area contributed by atoms with E-state index >= 15 is 0 Å². The Morgan fingerprint density at radius 3 is 1.53 bits per heavy atom. The third-order valence-electron chi connectivity index (χ3n) is 1.59. The van der Waals surface area contributed by atoms with E-state index < -0.39 is 10.5 Å². The molecule has 0 bridgehead atoms. The van der Waals surface area contributed by atoms with Gasteiger partial charge in [-0.2, -0.15) is 0 Å². The predicted molar refractivity (Wildman–Crippen MR) is 57.8 cm³/mol. The first-order chi connectivity index (χ1) is 7.02. The number of rotatable bonds is 4. The van der Waals surface area contributed by atoms with Gasteiger partial charge in [0.15, 0.2) is 11.5 Å². The molecular formula is C8H6Cl2O4S. The summed E-state index contributed by atoms with van der Waals surface area (Å²) in [4.78, 5) is 22.2. The van der Waals surface area contributed by atoms with Gasteiger partial charge in [0.25, 0.3) is 10.5 Å². The second kappa shape index (κ2) is 4.83. The van der Waals surface area contributed by atoms with E-state index in [1.54, 1.807) is 0 Å². The maximum absolute atomic E-state index is 11.0. The molecule has 1 aromatic rings. The zero-order valence-electron chi connectivity index (χ0n) is 7.80. The topological polar surface area (TPSA) is 52.6 Å². The molecule has 1 aromatic heterocycles. The number of hydrogen-bond acceptors (Lipinski definition) is 5. The van der Waals surface area contributed by atoms with E-state index in [1.807, 2.05) is 0 Å². The summed E-state index contributed by atoms with van der Waals surface area (Å²) in [5.74, 6) is 0.262. The van der Waals surface area contributed by atoms with Crippen molar-refractivity contribution in [2.24, 2.45) is 0 Å². The number of hydrogen-bond donors (Lipinski definition) is 0. The molecule has 0 amide bonds. The summed E-state index contributed by atoms with van der Waals surface area (Å²) in [7, 11) is 2.69. The number of halogens is 2. The third-order valence-corrected chi connectivity index (χ3v) is 3.34. The van der Waals surface area contributed by atoms with Gasteiger partial charge < -0.3 is 9.47 Å². The molecule has 0 aromatic carbocycles. The van der Waals surface area contributed by atoms with Crippen LogP contribution in [0, 0.1) is 0 Å². The van der Waals surface area contributed by atoms with Crippen LogP contribution in [0.1, 0.15) is 19.3 Å². The van der Waals surface area contributed by atoms with Crippen molar-refractivity contribution in [3.8, 4) is 11.5 Å². The van der Waals surface area contributed by atoms with Crippen molar-refractivity contribution in [2.45, 2.75) is 0 Å². The van der Waals surface area contributed by atoms with Gasteiger partial charge in [-0.1, -0.05) is 0 Å². The maximum Gasteiger partial charge on any atom is 0.266 e. The molecule has 0 radical (unpaired) electrons. The van der Waals surface area contributed by atoms with Crippen molar-refractivity contribution >= 4 is 45.0 Å². The van der Waals surface area contributed by atoms with Crippen LogP contribution in [0.4, 0.5) is 0 Å². The quantitative estimate of drug-likeness (QED) is 0.788. The van der Waals surface area contributed by atoms with Gasteiger partial charge in [-0.05, 0) is 23.2 Å². The summed E-state index contributed by atoms with van der Waals surface area (Å²) in [6, 6.07) is 0. The summed E-state index contributed by atoms with van der Waals surface area (Å²) < 4.78 is 9.86. The second-order valence-corrected chi connectivity index (χ2v) is 4.08. The van der Waals surface area contributed by atoms with Gasteiger partial charge >= 0.3 is 0 Å². The molecule has 1 rings (SSSR count). The van der Waals surface area contributed by atoms with E-state index in [1.165, 1.54) is 14.2 Å². The molecule has 7 heteroatoms. The standard InChI is InChI=1S/C8H6Cl2O4S/c1-13-3-4(14-2)6(8(10)12)15-5(3)7(9)11/h1-2H3. The average Bonchev–Trinajstić information content (AvgIpc) is 2.55. The summed E-state index contributed by atoms with van der Waals surface area (Å²) in [5.41, 5.74) is 0. The lowest BCUT2D eigenvalue weighted by atomic mass is 10.3. The summed E-state index contributed by atoms with van der Waals surface area (Å²) in [6.45, 7) is 0. The second-order valence-electron chi connectivity index (χ2n) is 2.37. The molecule has 0 aliphatic rings. The number of thiophene rings is 1. The maximum atomic E-state index is 11.0. The monoisotopic (exact) mass is 268 g/mol. The largest absolute Gasteiger partial charge is 0.491 e. The molecule has 0 unspecified atom stereocenters. The minimum Gasteiger partial charge on any atom is -0.491 e. The fourth-order valence-corrected chi connectivity index (χ4v) is 2.34. The van der Waals surface area contributed by atoms with Crippen LogP contribution in [0.2, 0.25) is 0 Å². The van der Waals surface area contributed by atoms with Crippen LogP contribution in [0.5, 0.6) is 11.5 Å². The first kappa shape index (κ1) is 12.3. The molecule has 0 atom stereocenters. The van der Waals surface area contributed by atoms with Crippen molar-refractivity contribution in [1.82, 2.24) is 0 Å². The minimum absolute atomic E-state index is 0.0972. The molecule has 0 fully saturated rings. The highest BCUT2D eigenvalue weighted by Gasteiger charge is 2.26. The van der Waals surface area contributed by atoms with Gasteiger partial charge in [0.05, 0.1) is 14.2 Å². The van der Waals surface area contributed by atoms with Crippen LogP contribution < -0.4 is 9.47 Å². The molecule has 0 N–H and O–H groups in total. The van der Waals surface area contributed by atoms with Crippen molar-refractivity contribution in [1.29, 1.82) is 0 Å². The highest BCUT2D eigenvalue weighted by Crippen LogP contribution is 2.43. The van der Waals surface area contributed by atoms with Crippen LogP contribution in [-0.2, 0) is 0 Å². The first-order valence-electron chi connectivity index (χ1n) is 3.67. The Morgan fingerprint density at radius 1 is 1.00 bits per heavy atom. The van der Waals surface area contributed by atoms with Gasteiger partial charge in [0, 0.05) is 0 Å². The van der Waals surface area contributed by atoms with Crippen molar-refractivity contribution < 1.29 is 19.1 Å². The smallest absolute Gasteiger partial charge is 0.266 e. The Balaban J connectivity index is 3.44. The van der Waals surface area contributed by atoms with Crippen LogP contribution in [0.15, 0.2) is 0 Å². The van der Waals surface area contributed by atoms with Crippen LogP contribution in [0.25, 0.3) is 0 Å². The van der Waals surface area contributed by atoms with E-state index in [0.29, 0.717) is 0 Å². The molecule has 0 saturated heterocycles. The van der Waals surface area contributed by atoms with Gasteiger partial charge in [-0.15, -0.1) is 11.3 Å². The molecule has 0 saturated carbocycles. The minimum atomic E-state index is -0.723. The lowest BCUT2D eigenvalue weighted by Crippen LogP contribution is -1.94. The SMILES string of the molecule is COc1c(C(=O)Cl)sc(C(=O)Cl)c1OC. The van der Waals surface area contributed by atoms with E-state index in [2.05, 4.69) is 0 Å². The van der Waals surface area contributed by atoms with Crippen molar-refractivity contribution in [3.05, 3.63) is 9.75 Å². The molecule has 0 aliphatic heterocycles. The molecule has 0 spiro atoms. The highest BCUT2D eigenvalue weighted by molar-refractivity contribution is 7.19. The number of carbonyl (C=O) groups is 2. The zero-order valence-corrected chi connectivity index (χ0v) is 10.1. The number of methoxy groups -OCH3 is 2. The van der Waals surface area contributed by atoms with Crippen molar-refractivity contribution in [3.63, 3.8) is 0 Å².